The molecule has 26 heavy (non-hydrogen) atoms. The van der Waals surface area contributed by atoms with Gasteiger partial charge in [0.25, 0.3) is 5.91 Å². The predicted molar refractivity (Wildman–Crippen MR) is 91.4 cm³/mol. The van der Waals surface area contributed by atoms with Gasteiger partial charge in [-0.1, -0.05) is 25.7 Å². The van der Waals surface area contributed by atoms with Crippen molar-refractivity contribution in [3.63, 3.8) is 0 Å². The van der Waals surface area contributed by atoms with Crippen molar-refractivity contribution in [2.75, 3.05) is 10.6 Å². The van der Waals surface area contributed by atoms with Crippen molar-refractivity contribution in [3.05, 3.63) is 47.4 Å². The van der Waals surface area contributed by atoms with Crippen LogP contribution in [0.5, 0.6) is 0 Å². The van der Waals surface area contributed by atoms with Gasteiger partial charge in [0.05, 0.1) is 5.69 Å². The van der Waals surface area contributed by atoms with Gasteiger partial charge >= 0.3 is 0 Å². The number of rotatable bonds is 4. The summed E-state index contributed by atoms with van der Waals surface area (Å²) < 4.78 is 39.8. The molecule has 1 fully saturated rings. The highest BCUT2D eigenvalue weighted by Crippen LogP contribution is 2.21. The summed E-state index contributed by atoms with van der Waals surface area (Å²) in [5, 5.41) is 13.3. The van der Waals surface area contributed by atoms with Gasteiger partial charge in [0.1, 0.15) is 5.82 Å². The van der Waals surface area contributed by atoms with Crippen molar-refractivity contribution < 1.29 is 18.0 Å². The predicted octanol–water partition coefficient (Wildman–Crippen LogP) is 4.28. The van der Waals surface area contributed by atoms with Crippen LogP contribution in [0.4, 0.5) is 24.7 Å². The van der Waals surface area contributed by atoms with Crippen LogP contribution in [-0.4, -0.2) is 22.1 Å². The molecule has 0 atom stereocenters. The lowest BCUT2D eigenvalue weighted by Gasteiger charge is -2.16. The fourth-order valence-electron chi connectivity index (χ4n) is 2.97. The molecule has 138 valence electrons. The van der Waals surface area contributed by atoms with Crippen LogP contribution in [-0.2, 0) is 0 Å². The van der Waals surface area contributed by atoms with E-state index in [1.165, 1.54) is 31.7 Å². The standard InChI is InChI=1S/C18H19F3N4O/c19-12-7-8-13(17(21)16(12)20)23-18(26)14-9-10-15(25-24-14)22-11-5-3-1-2-4-6-11/h7-11H,1-6H2,(H,22,25)(H,23,26). The third kappa shape index (κ3) is 4.30. The molecule has 0 radical (unpaired) electrons. The Bertz CT molecular complexity index is 775. The highest BCUT2D eigenvalue weighted by molar-refractivity contribution is 6.02. The zero-order valence-electron chi connectivity index (χ0n) is 14.1. The van der Waals surface area contributed by atoms with Crippen molar-refractivity contribution in [1.29, 1.82) is 0 Å². The number of nitrogens with zero attached hydrogens (tertiary/aromatic N) is 2. The Hall–Kier alpha value is -2.64. The number of benzene rings is 1. The molecule has 1 heterocycles. The van der Waals surface area contributed by atoms with Crippen LogP contribution in [0.25, 0.3) is 0 Å². The monoisotopic (exact) mass is 364 g/mol. The third-order valence-electron chi connectivity index (χ3n) is 4.39. The summed E-state index contributed by atoms with van der Waals surface area (Å²) in [5.74, 6) is -4.63. The zero-order chi connectivity index (χ0) is 18.5. The van der Waals surface area contributed by atoms with E-state index in [-0.39, 0.29) is 5.69 Å². The van der Waals surface area contributed by atoms with E-state index in [1.807, 2.05) is 0 Å². The Morgan fingerprint density at radius 1 is 0.923 bits per heavy atom. The van der Waals surface area contributed by atoms with Gasteiger partial charge in [-0.3, -0.25) is 4.79 Å². The molecule has 8 heteroatoms. The number of hydrogen-bond donors (Lipinski definition) is 2. The first kappa shape index (κ1) is 18.2. The lowest BCUT2D eigenvalue weighted by molar-refractivity contribution is 0.102. The van der Waals surface area contributed by atoms with E-state index >= 15 is 0 Å². The molecule has 0 bridgehead atoms. The van der Waals surface area contributed by atoms with Crippen molar-refractivity contribution in [2.45, 2.75) is 44.6 Å². The van der Waals surface area contributed by atoms with E-state index < -0.39 is 29.0 Å². The Balaban J connectivity index is 1.64. The van der Waals surface area contributed by atoms with Crippen LogP contribution in [0.3, 0.4) is 0 Å². The van der Waals surface area contributed by atoms with Gasteiger partial charge < -0.3 is 10.6 Å². The average Bonchev–Trinajstić information content (AvgIpc) is 2.91. The molecular weight excluding hydrogens is 345 g/mol. The van der Waals surface area contributed by atoms with E-state index in [1.54, 1.807) is 6.07 Å². The van der Waals surface area contributed by atoms with E-state index in [0.29, 0.717) is 11.9 Å². The quantitative estimate of drug-likeness (QED) is 0.628. The molecule has 1 saturated carbocycles. The lowest BCUT2D eigenvalue weighted by atomic mass is 10.1. The fourth-order valence-corrected chi connectivity index (χ4v) is 2.97. The van der Waals surface area contributed by atoms with Crippen molar-refractivity contribution >= 4 is 17.4 Å². The summed E-state index contributed by atoms with van der Waals surface area (Å²) in [7, 11) is 0. The molecule has 0 saturated heterocycles. The summed E-state index contributed by atoms with van der Waals surface area (Å²) in [5.41, 5.74) is -0.517. The number of anilines is 2. The number of aromatic nitrogens is 2. The third-order valence-corrected chi connectivity index (χ3v) is 4.39. The number of carbonyl (C=O) groups is 1. The summed E-state index contributed by atoms with van der Waals surface area (Å²) >= 11 is 0. The molecular formula is C18H19F3N4O. The van der Waals surface area contributed by atoms with Gasteiger partial charge in [-0.05, 0) is 37.1 Å². The fraction of sp³-hybridized carbons (Fsp3) is 0.389. The molecule has 3 rings (SSSR count). The molecule has 1 amide bonds. The summed E-state index contributed by atoms with van der Waals surface area (Å²) in [4.78, 5) is 12.1. The number of hydrogen-bond acceptors (Lipinski definition) is 4. The molecule has 0 aliphatic heterocycles. The van der Waals surface area contributed by atoms with Crippen LogP contribution in [0.15, 0.2) is 24.3 Å². The average molecular weight is 364 g/mol. The molecule has 2 aromatic rings. The zero-order valence-corrected chi connectivity index (χ0v) is 14.1. The summed E-state index contributed by atoms with van der Waals surface area (Å²) in [6, 6.07) is 5.08. The molecule has 0 spiro atoms. The Morgan fingerprint density at radius 3 is 2.31 bits per heavy atom. The minimum absolute atomic E-state index is 0.0550. The van der Waals surface area contributed by atoms with E-state index in [9.17, 15) is 18.0 Å². The second-order valence-electron chi connectivity index (χ2n) is 6.31. The van der Waals surface area contributed by atoms with E-state index in [2.05, 4.69) is 20.8 Å². The van der Waals surface area contributed by atoms with Gasteiger partial charge in [-0.2, -0.15) is 0 Å². The summed E-state index contributed by atoms with van der Waals surface area (Å²) in [6.07, 6.45) is 6.96. The Labute approximate surface area is 149 Å². The van der Waals surface area contributed by atoms with Crippen LogP contribution in [0.2, 0.25) is 0 Å². The Morgan fingerprint density at radius 2 is 1.65 bits per heavy atom. The minimum atomic E-state index is -1.64. The lowest BCUT2D eigenvalue weighted by Crippen LogP contribution is -2.20. The van der Waals surface area contributed by atoms with Crippen molar-refractivity contribution in [3.8, 4) is 0 Å². The van der Waals surface area contributed by atoms with E-state index in [0.717, 1.165) is 25.0 Å². The van der Waals surface area contributed by atoms with Crippen LogP contribution in [0, 0.1) is 17.5 Å². The van der Waals surface area contributed by atoms with Gasteiger partial charge in [0.15, 0.2) is 23.1 Å². The first-order chi connectivity index (χ1) is 12.5. The SMILES string of the molecule is O=C(Nc1ccc(F)c(F)c1F)c1ccc(NC2CCCCCC2)nn1. The summed E-state index contributed by atoms with van der Waals surface area (Å²) in [6.45, 7) is 0. The normalized spacial score (nSPS) is 15.3. The van der Waals surface area contributed by atoms with Gasteiger partial charge in [0.2, 0.25) is 0 Å². The number of amides is 1. The largest absolute Gasteiger partial charge is 0.366 e. The van der Waals surface area contributed by atoms with E-state index in [4.69, 9.17) is 0 Å². The maximum atomic E-state index is 13.6. The second-order valence-corrected chi connectivity index (χ2v) is 6.31. The molecule has 2 N–H and O–H groups in total. The van der Waals surface area contributed by atoms with Gasteiger partial charge in [-0.25, -0.2) is 13.2 Å². The van der Waals surface area contributed by atoms with Gasteiger partial charge in [-0.15, -0.1) is 10.2 Å². The van der Waals surface area contributed by atoms with Crippen molar-refractivity contribution in [1.82, 2.24) is 10.2 Å². The maximum absolute atomic E-state index is 13.6. The molecule has 1 aliphatic carbocycles. The van der Waals surface area contributed by atoms with Crippen LogP contribution < -0.4 is 10.6 Å². The number of halogens is 3. The van der Waals surface area contributed by atoms with Crippen molar-refractivity contribution in [2.24, 2.45) is 0 Å². The molecule has 5 nitrogen and oxygen atoms in total. The van der Waals surface area contributed by atoms with Gasteiger partial charge in [0, 0.05) is 6.04 Å². The highest BCUT2D eigenvalue weighted by atomic mass is 19.2. The number of nitrogens with one attached hydrogen (secondary N) is 2. The minimum Gasteiger partial charge on any atom is -0.366 e. The number of carbonyl (C=O) groups excluding carboxylic acids is 1. The molecule has 0 unspecified atom stereocenters. The van der Waals surface area contributed by atoms with Crippen LogP contribution >= 0.6 is 0 Å². The second kappa shape index (κ2) is 8.16. The highest BCUT2D eigenvalue weighted by Gasteiger charge is 2.17. The first-order valence-electron chi connectivity index (χ1n) is 8.59. The molecule has 1 aromatic carbocycles. The topological polar surface area (TPSA) is 66.9 Å². The molecule has 1 aliphatic rings. The first-order valence-corrected chi connectivity index (χ1v) is 8.59. The Kier molecular flexibility index (Phi) is 5.70. The smallest absolute Gasteiger partial charge is 0.276 e. The molecule has 1 aromatic heterocycles. The maximum Gasteiger partial charge on any atom is 0.276 e. The van der Waals surface area contributed by atoms with Crippen LogP contribution in [0.1, 0.15) is 49.0 Å².